The van der Waals surface area contributed by atoms with Gasteiger partial charge in [-0.05, 0) is 32.0 Å². The van der Waals surface area contributed by atoms with E-state index in [2.05, 4.69) is 5.32 Å². The van der Waals surface area contributed by atoms with E-state index in [1.54, 1.807) is 13.2 Å². The Morgan fingerprint density at radius 2 is 2.04 bits per heavy atom. The number of nitrogens with one attached hydrogen (secondary N) is 1. The number of amides is 1. The van der Waals surface area contributed by atoms with Crippen molar-refractivity contribution in [2.45, 2.75) is 26.5 Å². The number of rotatable bonds is 6. The van der Waals surface area contributed by atoms with Crippen LogP contribution in [0.2, 0.25) is 0 Å². The molecule has 3 rings (SSSR count). The Bertz CT molecular complexity index is 983. The molecule has 2 aromatic carbocycles. The van der Waals surface area contributed by atoms with E-state index in [1.165, 1.54) is 24.5 Å². The standard InChI is InChI=1S/C21H22FNO3S/c1-12-8-9-17(26-4)14(10-12)13(2)23-21(24)20-15(11-25-3)19-16(22)6-5-7-18(19)27-20/h5-10,13H,11H2,1-4H3,(H,23,24). The molecule has 142 valence electrons. The van der Waals surface area contributed by atoms with Gasteiger partial charge in [0.2, 0.25) is 0 Å². The summed E-state index contributed by atoms with van der Waals surface area (Å²) in [5.74, 6) is 0.120. The summed E-state index contributed by atoms with van der Waals surface area (Å²) in [5, 5.41) is 3.46. The molecule has 6 heteroatoms. The minimum atomic E-state index is -0.344. The summed E-state index contributed by atoms with van der Waals surface area (Å²) in [5.41, 5.74) is 2.55. The van der Waals surface area contributed by atoms with Crippen LogP contribution in [-0.2, 0) is 11.3 Å². The molecule has 27 heavy (non-hydrogen) atoms. The first-order valence-electron chi connectivity index (χ1n) is 8.60. The highest BCUT2D eigenvalue weighted by Crippen LogP contribution is 2.34. The number of aryl methyl sites for hydroxylation is 1. The summed E-state index contributed by atoms with van der Waals surface area (Å²) in [4.78, 5) is 13.4. The smallest absolute Gasteiger partial charge is 0.262 e. The first-order chi connectivity index (χ1) is 13.0. The van der Waals surface area contributed by atoms with E-state index >= 15 is 0 Å². The lowest BCUT2D eigenvalue weighted by atomic mass is 10.0. The number of carbonyl (C=O) groups excluding carboxylic acids is 1. The molecule has 4 nitrogen and oxygen atoms in total. The molecular weight excluding hydrogens is 365 g/mol. The lowest BCUT2D eigenvalue weighted by Crippen LogP contribution is -2.27. The Morgan fingerprint density at radius 1 is 1.26 bits per heavy atom. The summed E-state index contributed by atoms with van der Waals surface area (Å²) in [7, 11) is 3.14. The number of methoxy groups -OCH3 is 2. The summed E-state index contributed by atoms with van der Waals surface area (Å²) >= 11 is 1.27. The van der Waals surface area contributed by atoms with Crippen LogP contribution in [0.4, 0.5) is 4.39 Å². The number of thiophene rings is 1. The average Bonchev–Trinajstić information content (AvgIpc) is 3.02. The van der Waals surface area contributed by atoms with Gasteiger partial charge < -0.3 is 14.8 Å². The molecule has 0 radical (unpaired) electrons. The molecule has 0 aliphatic heterocycles. The van der Waals surface area contributed by atoms with Crippen molar-refractivity contribution in [3.63, 3.8) is 0 Å². The molecule has 1 amide bonds. The van der Waals surface area contributed by atoms with Crippen molar-refractivity contribution < 1.29 is 18.7 Å². The highest BCUT2D eigenvalue weighted by Gasteiger charge is 2.23. The van der Waals surface area contributed by atoms with Crippen molar-refractivity contribution in [2.75, 3.05) is 14.2 Å². The van der Waals surface area contributed by atoms with Crippen molar-refractivity contribution in [1.82, 2.24) is 5.32 Å². The zero-order chi connectivity index (χ0) is 19.6. The maximum absolute atomic E-state index is 14.3. The van der Waals surface area contributed by atoms with Gasteiger partial charge in [0.05, 0.1) is 24.6 Å². The van der Waals surface area contributed by atoms with Crippen molar-refractivity contribution >= 4 is 27.3 Å². The van der Waals surface area contributed by atoms with Crippen LogP contribution in [0, 0.1) is 12.7 Å². The van der Waals surface area contributed by atoms with Crippen LogP contribution in [0.1, 0.15) is 39.3 Å². The van der Waals surface area contributed by atoms with Crippen LogP contribution >= 0.6 is 11.3 Å². The Hall–Kier alpha value is -2.44. The number of carbonyl (C=O) groups is 1. The number of ether oxygens (including phenoxy) is 2. The number of hydrogen-bond donors (Lipinski definition) is 1. The number of benzene rings is 2. The minimum absolute atomic E-state index is 0.172. The normalized spacial score (nSPS) is 12.2. The Labute approximate surface area is 161 Å². The van der Waals surface area contributed by atoms with Gasteiger partial charge in [0.25, 0.3) is 5.91 Å². The Kier molecular flexibility index (Phi) is 5.77. The molecule has 1 N–H and O–H groups in total. The summed E-state index contributed by atoms with van der Waals surface area (Å²) < 4.78 is 25.7. The first-order valence-corrected chi connectivity index (χ1v) is 9.42. The molecule has 1 unspecified atom stereocenters. The fraction of sp³-hybridized carbons (Fsp3) is 0.286. The van der Waals surface area contributed by atoms with Crippen molar-refractivity contribution in [1.29, 1.82) is 0 Å². The zero-order valence-electron chi connectivity index (χ0n) is 15.8. The molecular formula is C21H22FNO3S. The molecule has 1 heterocycles. The maximum Gasteiger partial charge on any atom is 0.262 e. The maximum atomic E-state index is 14.3. The van der Waals surface area contributed by atoms with Crippen LogP contribution < -0.4 is 10.1 Å². The quantitative estimate of drug-likeness (QED) is 0.648. The third-order valence-electron chi connectivity index (χ3n) is 4.46. The lowest BCUT2D eigenvalue weighted by molar-refractivity contribution is 0.0939. The Morgan fingerprint density at radius 3 is 2.74 bits per heavy atom. The van der Waals surface area contributed by atoms with Gasteiger partial charge in [-0.25, -0.2) is 4.39 Å². The summed E-state index contributed by atoms with van der Waals surface area (Å²) in [6.07, 6.45) is 0. The summed E-state index contributed by atoms with van der Waals surface area (Å²) in [6.45, 7) is 4.06. The number of fused-ring (bicyclic) bond motifs is 1. The second-order valence-corrected chi connectivity index (χ2v) is 7.45. The van der Waals surface area contributed by atoms with Gasteiger partial charge in [0.15, 0.2) is 0 Å². The Balaban J connectivity index is 1.96. The fourth-order valence-corrected chi connectivity index (χ4v) is 4.29. The van der Waals surface area contributed by atoms with Crippen LogP contribution in [0.25, 0.3) is 10.1 Å². The number of halogens is 1. The highest BCUT2D eigenvalue weighted by molar-refractivity contribution is 7.21. The van der Waals surface area contributed by atoms with E-state index < -0.39 is 0 Å². The van der Waals surface area contributed by atoms with E-state index in [9.17, 15) is 9.18 Å². The van der Waals surface area contributed by atoms with Crippen LogP contribution in [0.15, 0.2) is 36.4 Å². The third-order valence-corrected chi connectivity index (χ3v) is 5.65. The monoisotopic (exact) mass is 387 g/mol. The molecule has 1 aromatic heterocycles. The molecule has 3 aromatic rings. The number of hydrogen-bond acceptors (Lipinski definition) is 4. The lowest BCUT2D eigenvalue weighted by Gasteiger charge is -2.18. The van der Waals surface area contributed by atoms with Gasteiger partial charge in [-0.1, -0.05) is 23.8 Å². The molecule has 0 fully saturated rings. The van der Waals surface area contributed by atoms with Gasteiger partial charge in [-0.3, -0.25) is 4.79 Å². The second kappa shape index (κ2) is 8.06. The predicted octanol–water partition coefficient (Wildman–Crippen LogP) is 4.99. The van der Waals surface area contributed by atoms with Gasteiger partial charge in [-0.15, -0.1) is 11.3 Å². The molecule has 0 aliphatic carbocycles. The van der Waals surface area contributed by atoms with E-state index in [-0.39, 0.29) is 24.4 Å². The topological polar surface area (TPSA) is 47.6 Å². The predicted molar refractivity (Wildman–Crippen MR) is 106 cm³/mol. The molecule has 1 atom stereocenters. The minimum Gasteiger partial charge on any atom is -0.496 e. The van der Waals surface area contributed by atoms with Gasteiger partial charge in [-0.2, -0.15) is 0 Å². The van der Waals surface area contributed by atoms with E-state index in [1.807, 2.05) is 38.1 Å². The molecule has 0 aliphatic rings. The van der Waals surface area contributed by atoms with Gasteiger partial charge in [0, 0.05) is 28.3 Å². The fourth-order valence-electron chi connectivity index (χ4n) is 3.16. The molecule has 0 spiro atoms. The summed E-state index contributed by atoms with van der Waals surface area (Å²) in [6, 6.07) is 10.4. The zero-order valence-corrected chi connectivity index (χ0v) is 16.6. The highest BCUT2D eigenvalue weighted by atomic mass is 32.1. The van der Waals surface area contributed by atoms with E-state index in [4.69, 9.17) is 9.47 Å². The largest absolute Gasteiger partial charge is 0.496 e. The van der Waals surface area contributed by atoms with Crippen molar-refractivity contribution in [3.05, 3.63) is 63.8 Å². The molecule has 0 saturated carbocycles. The van der Waals surface area contributed by atoms with Gasteiger partial charge in [0.1, 0.15) is 11.6 Å². The SMILES string of the molecule is COCc1c(C(=O)NC(C)c2cc(C)ccc2OC)sc2cccc(F)c12. The van der Waals surface area contributed by atoms with Crippen LogP contribution in [0.5, 0.6) is 5.75 Å². The van der Waals surface area contributed by atoms with E-state index in [0.717, 1.165) is 15.8 Å². The molecule has 0 saturated heterocycles. The average molecular weight is 387 g/mol. The molecule has 0 bridgehead atoms. The van der Waals surface area contributed by atoms with Crippen molar-refractivity contribution in [2.24, 2.45) is 0 Å². The second-order valence-electron chi connectivity index (χ2n) is 6.40. The van der Waals surface area contributed by atoms with E-state index in [0.29, 0.717) is 21.6 Å². The first kappa shape index (κ1) is 19.3. The van der Waals surface area contributed by atoms with Crippen molar-refractivity contribution in [3.8, 4) is 5.75 Å². The third kappa shape index (κ3) is 3.82. The van der Waals surface area contributed by atoms with Gasteiger partial charge >= 0.3 is 0 Å². The van der Waals surface area contributed by atoms with Crippen LogP contribution in [-0.4, -0.2) is 20.1 Å². The van der Waals surface area contributed by atoms with Crippen LogP contribution in [0.3, 0.4) is 0 Å².